The Hall–Kier alpha value is -1.61. The predicted molar refractivity (Wildman–Crippen MR) is 85.7 cm³/mol. The molecule has 1 aromatic rings. The van der Waals surface area contributed by atoms with Crippen molar-refractivity contribution in [3.8, 4) is 11.8 Å². The second kappa shape index (κ2) is 8.14. The molecule has 5 nitrogen and oxygen atoms in total. The fourth-order valence-corrected chi connectivity index (χ4v) is 2.99. The highest BCUT2D eigenvalue weighted by molar-refractivity contribution is 5.45. The predicted octanol–water partition coefficient (Wildman–Crippen LogP) is 1.46. The Morgan fingerprint density at radius 2 is 2.05 bits per heavy atom. The van der Waals surface area contributed by atoms with Crippen LogP contribution in [0.3, 0.4) is 0 Å². The van der Waals surface area contributed by atoms with Gasteiger partial charge in [0.1, 0.15) is 11.8 Å². The molecule has 2 rings (SSSR count). The molecule has 1 N–H and O–H groups in total. The normalized spacial score (nSPS) is 17.9. The molecule has 0 aromatic heterocycles. The van der Waals surface area contributed by atoms with Crippen LogP contribution in [0.25, 0.3) is 0 Å². The summed E-state index contributed by atoms with van der Waals surface area (Å²) >= 11 is 0. The monoisotopic (exact) mass is 303 g/mol. The zero-order chi connectivity index (χ0) is 15.9. The maximum Gasteiger partial charge on any atom is 0.136 e. The summed E-state index contributed by atoms with van der Waals surface area (Å²) in [7, 11) is 1.58. The smallest absolute Gasteiger partial charge is 0.136 e. The third-order valence-corrected chi connectivity index (χ3v) is 4.40. The molecule has 1 unspecified atom stereocenters. The molecule has 1 aliphatic rings. The van der Waals surface area contributed by atoms with Gasteiger partial charge in [-0.1, -0.05) is 13.0 Å². The molecule has 1 atom stereocenters. The Morgan fingerprint density at radius 3 is 2.59 bits per heavy atom. The van der Waals surface area contributed by atoms with Crippen molar-refractivity contribution in [1.29, 1.82) is 5.26 Å². The van der Waals surface area contributed by atoms with Crippen LogP contribution in [0.1, 0.15) is 24.5 Å². The number of ether oxygens (including phenoxy) is 1. The molecular weight excluding hydrogens is 278 g/mol. The number of rotatable bonds is 6. The number of benzene rings is 1. The van der Waals surface area contributed by atoms with Gasteiger partial charge >= 0.3 is 0 Å². The van der Waals surface area contributed by atoms with Crippen molar-refractivity contribution in [2.45, 2.75) is 25.9 Å². The standard InChI is InChI=1S/C17H25N3O2/c1-3-16(13-21)20-8-6-19(7-9-20)12-14-4-5-17(22-2)15(10-14)11-18/h4-5,10,16,21H,3,6-9,12-13H2,1-2H3. The molecule has 0 spiro atoms. The van der Waals surface area contributed by atoms with E-state index in [9.17, 15) is 5.11 Å². The number of aliphatic hydroxyl groups is 1. The van der Waals surface area contributed by atoms with E-state index < -0.39 is 0 Å². The minimum atomic E-state index is 0.237. The van der Waals surface area contributed by atoms with Gasteiger partial charge in [-0.25, -0.2) is 0 Å². The second-order valence-electron chi connectivity index (χ2n) is 5.70. The van der Waals surface area contributed by atoms with Crippen molar-refractivity contribution in [1.82, 2.24) is 9.80 Å². The van der Waals surface area contributed by atoms with Gasteiger partial charge in [-0.15, -0.1) is 0 Å². The first kappa shape index (κ1) is 16.8. The highest BCUT2D eigenvalue weighted by atomic mass is 16.5. The lowest BCUT2D eigenvalue weighted by Gasteiger charge is -2.38. The van der Waals surface area contributed by atoms with Gasteiger partial charge in [0, 0.05) is 38.8 Å². The zero-order valence-electron chi connectivity index (χ0n) is 13.5. The van der Waals surface area contributed by atoms with Crippen molar-refractivity contribution in [2.75, 3.05) is 39.9 Å². The molecule has 0 amide bonds. The molecule has 1 aliphatic heterocycles. The molecule has 0 radical (unpaired) electrons. The third kappa shape index (κ3) is 3.98. The van der Waals surface area contributed by atoms with Crippen molar-refractivity contribution in [3.05, 3.63) is 29.3 Å². The Kier molecular flexibility index (Phi) is 6.20. The van der Waals surface area contributed by atoms with Crippen LogP contribution in [0.5, 0.6) is 5.75 Å². The van der Waals surface area contributed by atoms with Gasteiger partial charge in [-0.3, -0.25) is 9.80 Å². The minimum Gasteiger partial charge on any atom is -0.495 e. The van der Waals surface area contributed by atoms with Gasteiger partial charge in [0.15, 0.2) is 0 Å². The van der Waals surface area contributed by atoms with Crippen LogP contribution < -0.4 is 4.74 Å². The topological polar surface area (TPSA) is 59.7 Å². The molecule has 22 heavy (non-hydrogen) atoms. The van der Waals surface area contributed by atoms with Gasteiger partial charge in [-0.05, 0) is 24.1 Å². The summed E-state index contributed by atoms with van der Waals surface area (Å²) in [6, 6.07) is 8.26. The van der Waals surface area contributed by atoms with Crippen LogP contribution in [0.15, 0.2) is 18.2 Å². The van der Waals surface area contributed by atoms with Crippen molar-refractivity contribution in [3.63, 3.8) is 0 Å². The number of hydrogen-bond acceptors (Lipinski definition) is 5. The average molecular weight is 303 g/mol. The second-order valence-corrected chi connectivity index (χ2v) is 5.70. The summed E-state index contributed by atoms with van der Waals surface area (Å²) in [4.78, 5) is 4.76. The number of nitriles is 1. The van der Waals surface area contributed by atoms with Crippen LogP contribution in [0, 0.1) is 11.3 Å². The summed E-state index contributed by atoms with van der Waals surface area (Å²) in [5.41, 5.74) is 1.73. The van der Waals surface area contributed by atoms with E-state index in [-0.39, 0.29) is 12.6 Å². The van der Waals surface area contributed by atoms with E-state index in [4.69, 9.17) is 10.00 Å². The first-order valence-corrected chi connectivity index (χ1v) is 7.86. The summed E-state index contributed by atoms with van der Waals surface area (Å²) in [6.07, 6.45) is 0.987. The first-order valence-electron chi connectivity index (χ1n) is 7.86. The number of piperazine rings is 1. The molecule has 1 heterocycles. The Morgan fingerprint density at radius 1 is 1.32 bits per heavy atom. The first-order chi connectivity index (χ1) is 10.7. The molecule has 1 saturated heterocycles. The molecule has 0 aliphatic carbocycles. The maximum absolute atomic E-state index is 9.39. The van der Waals surface area contributed by atoms with Crippen LogP contribution in [0.2, 0.25) is 0 Å². The minimum absolute atomic E-state index is 0.237. The van der Waals surface area contributed by atoms with Gasteiger partial charge in [0.25, 0.3) is 0 Å². The third-order valence-electron chi connectivity index (χ3n) is 4.40. The fourth-order valence-electron chi connectivity index (χ4n) is 2.99. The van der Waals surface area contributed by atoms with E-state index >= 15 is 0 Å². The number of methoxy groups -OCH3 is 1. The summed E-state index contributed by atoms with van der Waals surface area (Å²) < 4.78 is 5.18. The van der Waals surface area contributed by atoms with Gasteiger partial charge in [-0.2, -0.15) is 5.26 Å². The fraction of sp³-hybridized carbons (Fsp3) is 0.588. The number of hydrogen-bond donors (Lipinski definition) is 1. The Labute approximate surface area is 132 Å². The van der Waals surface area contributed by atoms with E-state index in [1.54, 1.807) is 7.11 Å². The highest BCUT2D eigenvalue weighted by Crippen LogP contribution is 2.20. The lowest BCUT2D eigenvalue weighted by molar-refractivity contribution is 0.0608. The van der Waals surface area contributed by atoms with Crippen molar-refractivity contribution >= 4 is 0 Å². The van der Waals surface area contributed by atoms with E-state index in [0.29, 0.717) is 11.3 Å². The quantitative estimate of drug-likeness (QED) is 0.862. The lowest BCUT2D eigenvalue weighted by atomic mass is 10.1. The van der Waals surface area contributed by atoms with Crippen LogP contribution in [-0.4, -0.2) is 60.8 Å². The van der Waals surface area contributed by atoms with E-state index in [2.05, 4.69) is 22.8 Å². The van der Waals surface area contributed by atoms with Gasteiger partial charge < -0.3 is 9.84 Å². The maximum atomic E-state index is 9.39. The average Bonchev–Trinajstić information content (AvgIpc) is 2.57. The molecular formula is C17H25N3O2. The zero-order valence-corrected chi connectivity index (χ0v) is 13.5. The number of aliphatic hydroxyl groups excluding tert-OH is 1. The molecule has 0 bridgehead atoms. The highest BCUT2D eigenvalue weighted by Gasteiger charge is 2.22. The molecule has 5 heteroatoms. The summed E-state index contributed by atoms with van der Waals surface area (Å²) in [5.74, 6) is 0.629. The van der Waals surface area contributed by atoms with Crippen LogP contribution in [0.4, 0.5) is 0 Å². The van der Waals surface area contributed by atoms with E-state index in [0.717, 1.165) is 44.7 Å². The molecule has 1 aromatic carbocycles. The van der Waals surface area contributed by atoms with E-state index in [1.807, 2.05) is 18.2 Å². The molecule has 0 saturated carbocycles. The van der Waals surface area contributed by atoms with Crippen molar-refractivity contribution in [2.24, 2.45) is 0 Å². The SMILES string of the molecule is CCC(CO)N1CCN(Cc2ccc(OC)c(C#N)c2)CC1. The summed E-state index contributed by atoms with van der Waals surface area (Å²) in [5, 5.41) is 18.5. The molecule has 1 fully saturated rings. The van der Waals surface area contributed by atoms with Crippen LogP contribution >= 0.6 is 0 Å². The van der Waals surface area contributed by atoms with Gasteiger partial charge in [0.2, 0.25) is 0 Å². The van der Waals surface area contributed by atoms with Crippen molar-refractivity contribution < 1.29 is 9.84 Å². The van der Waals surface area contributed by atoms with Crippen LogP contribution in [-0.2, 0) is 6.54 Å². The molecule has 120 valence electrons. The number of nitrogens with zero attached hydrogens (tertiary/aromatic N) is 3. The lowest BCUT2D eigenvalue weighted by Crippen LogP contribution is -2.50. The Bertz CT molecular complexity index is 515. The summed E-state index contributed by atoms with van der Waals surface area (Å²) in [6.45, 7) is 7.16. The van der Waals surface area contributed by atoms with E-state index in [1.165, 1.54) is 0 Å². The largest absolute Gasteiger partial charge is 0.495 e. The van der Waals surface area contributed by atoms with Gasteiger partial charge in [0.05, 0.1) is 19.3 Å². The Balaban J connectivity index is 1.92.